The Labute approximate surface area is 149 Å². The lowest BCUT2D eigenvalue weighted by Crippen LogP contribution is -2.36. The van der Waals surface area contributed by atoms with E-state index in [4.69, 9.17) is 9.47 Å². The number of aryl methyl sites for hydroxylation is 1. The minimum atomic E-state index is -0.349. The Morgan fingerprint density at radius 1 is 1.27 bits per heavy atom. The van der Waals surface area contributed by atoms with Gasteiger partial charge in [-0.05, 0) is 38.0 Å². The first kappa shape index (κ1) is 16.4. The third kappa shape index (κ3) is 2.58. The summed E-state index contributed by atoms with van der Waals surface area (Å²) < 4.78 is 13.6. The number of fused-ring (bicyclic) bond motifs is 4. The molecule has 0 unspecified atom stereocenters. The Hall–Kier alpha value is -3.03. The van der Waals surface area contributed by atoms with Crippen molar-refractivity contribution in [1.29, 1.82) is 0 Å². The molecule has 1 amide bonds. The lowest BCUT2D eigenvalue weighted by molar-refractivity contribution is -0.122. The van der Waals surface area contributed by atoms with Crippen molar-refractivity contribution in [2.24, 2.45) is 0 Å². The van der Waals surface area contributed by atoms with E-state index in [1.165, 1.54) is 4.68 Å². The summed E-state index contributed by atoms with van der Waals surface area (Å²) in [7, 11) is 0. The number of benzene rings is 1. The van der Waals surface area contributed by atoms with Gasteiger partial charge in [0.05, 0.1) is 5.52 Å². The SMILES string of the molecule is CCc1cc2cc3c(cc2n2c(=O)n(CC(=O)NC(C)C)nc12)OCO3. The zero-order valence-corrected chi connectivity index (χ0v) is 14.9. The number of hydrogen-bond donors (Lipinski definition) is 1. The fraction of sp³-hybridized carbons (Fsp3) is 0.389. The van der Waals surface area contributed by atoms with E-state index in [0.29, 0.717) is 29.1 Å². The molecule has 136 valence electrons. The van der Waals surface area contributed by atoms with Crippen LogP contribution in [0.3, 0.4) is 0 Å². The fourth-order valence-electron chi connectivity index (χ4n) is 3.21. The molecule has 1 aliphatic rings. The number of carbonyl (C=O) groups is 1. The maximum Gasteiger partial charge on any atom is 0.351 e. The maximum absolute atomic E-state index is 12.9. The van der Waals surface area contributed by atoms with Gasteiger partial charge in [-0.2, -0.15) is 0 Å². The fourth-order valence-corrected chi connectivity index (χ4v) is 3.21. The van der Waals surface area contributed by atoms with Crippen molar-refractivity contribution in [3.63, 3.8) is 0 Å². The molecule has 0 bridgehead atoms. The number of carbonyl (C=O) groups excluding carboxylic acids is 1. The highest BCUT2D eigenvalue weighted by molar-refractivity contribution is 5.87. The van der Waals surface area contributed by atoms with Crippen LogP contribution in [-0.4, -0.2) is 32.9 Å². The zero-order valence-electron chi connectivity index (χ0n) is 14.9. The third-order valence-electron chi connectivity index (χ3n) is 4.34. The lowest BCUT2D eigenvalue weighted by Gasteiger charge is -2.07. The Kier molecular flexibility index (Phi) is 3.82. The minimum absolute atomic E-state index is 0.00185. The van der Waals surface area contributed by atoms with Crippen LogP contribution in [0.4, 0.5) is 0 Å². The first-order chi connectivity index (χ1) is 12.5. The average Bonchev–Trinajstić information content (AvgIpc) is 3.16. The number of aromatic nitrogens is 3. The molecule has 1 aromatic carbocycles. The first-order valence-corrected chi connectivity index (χ1v) is 8.62. The quantitative estimate of drug-likeness (QED) is 0.765. The maximum atomic E-state index is 12.9. The number of hydrogen-bond acceptors (Lipinski definition) is 5. The van der Waals surface area contributed by atoms with Gasteiger partial charge < -0.3 is 14.8 Å². The van der Waals surface area contributed by atoms with Gasteiger partial charge in [-0.1, -0.05) is 6.92 Å². The second-order valence-corrected chi connectivity index (χ2v) is 6.61. The Balaban J connectivity index is 1.92. The number of ether oxygens (including phenoxy) is 2. The van der Waals surface area contributed by atoms with Crippen molar-refractivity contribution in [3.8, 4) is 11.5 Å². The molecule has 2 aromatic heterocycles. The molecule has 1 N–H and O–H groups in total. The number of pyridine rings is 1. The van der Waals surface area contributed by atoms with Crippen LogP contribution in [0.2, 0.25) is 0 Å². The summed E-state index contributed by atoms with van der Waals surface area (Å²) in [6.45, 7) is 5.79. The first-order valence-electron chi connectivity index (χ1n) is 8.62. The molecule has 0 fully saturated rings. The summed E-state index contributed by atoms with van der Waals surface area (Å²) in [5, 5.41) is 8.05. The number of rotatable bonds is 4. The van der Waals surface area contributed by atoms with Gasteiger partial charge in [0.15, 0.2) is 17.1 Å². The summed E-state index contributed by atoms with van der Waals surface area (Å²) in [5.74, 6) is 1.02. The van der Waals surface area contributed by atoms with Gasteiger partial charge in [0.1, 0.15) is 6.54 Å². The molecule has 26 heavy (non-hydrogen) atoms. The molecule has 0 atom stereocenters. The molecule has 1 aliphatic heterocycles. The van der Waals surface area contributed by atoms with Crippen LogP contribution in [0.25, 0.3) is 16.6 Å². The van der Waals surface area contributed by atoms with E-state index in [9.17, 15) is 9.59 Å². The standard InChI is InChI=1S/C18H20N4O4/c1-4-11-5-12-6-14-15(26-9-25-14)7-13(12)22-17(11)20-21(18(22)24)8-16(23)19-10(2)3/h5-7,10H,4,8-9H2,1-3H3,(H,19,23). The Morgan fingerprint density at radius 3 is 2.69 bits per heavy atom. The Bertz CT molecular complexity index is 1080. The van der Waals surface area contributed by atoms with Crippen LogP contribution in [-0.2, 0) is 17.8 Å². The zero-order chi connectivity index (χ0) is 18.4. The van der Waals surface area contributed by atoms with Gasteiger partial charge in [0.25, 0.3) is 0 Å². The van der Waals surface area contributed by atoms with Crippen molar-refractivity contribution >= 4 is 22.5 Å². The van der Waals surface area contributed by atoms with E-state index in [1.807, 2.05) is 32.9 Å². The molecule has 0 saturated carbocycles. The predicted molar refractivity (Wildman–Crippen MR) is 95.7 cm³/mol. The third-order valence-corrected chi connectivity index (χ3v) is 4.34. The minimum Gasteiger partial charge on any atom is -0.454 e. The van der Waals surface area contributed by atoms with Crippen LogP contribution in [0.15, 0.2) is 23.0 Å². The molecule has 3 heterocycles. The van der Waals surface area contributed by atoms with Gasteiger partial charge in [0, 0.05) is 17.5 Å². The number of nitrogens with zero attached hydrogens (tertiary/aromatic N) is 3. The van der Waals surface area contributed by atoms with Crippen molar-refractivity contribution < 1.29 is 14.3 Å². The van der Waals surface area contributed by atoms with Crippen molar-refractivity contribution in [3.05, 3.63) is 34.2 Å². The molecule has 3 aromatic rings. The largest absolute Gasteiger partial charge is 0.454 e. The van der Waals surface area contributed by atoms with Gasteiger partial charge in [-0.15, -0.1) is 5.10 Å². The van der Waals surface area contributed by atoms with E-state index in [0.717, 1.165) is 10.9 Å². The van der Waals surface area contributed by atoms with Crippen molar-refractivity contribution in [2.45, 2.75) is 39.8 Å². The van der Waals surface area contributed by atoms with Crippen LogP contribution >= 0.6 is 0 Å². The highest BCUT2D eigenvalue weighted by atomic mass is 16.7. The molecule has 0 saturated heterocycles. The van der Waals surface area contributed by atoms with E-state index < -0.39 is 0 Å². The van der Waals surface area contributed by atoms with Crippen LogP contribution < -0.4 is 20.5 Å². The lowest BCUT2D eigenvalue weighted by atomic mass is 10.1. The molecule has 0 aliphatic carbocycles. The van der Waals surface area contributed by atoms with Crippen molar-refractivity contribution in [2.75, 3.05) is 6.79 Å². The topological polar surface area (TPSA) is 86.9 Å². The Morgan fingerprint density at radius 2 is 2.00 bits per heavy atom. The number of amides is 1. The van der Waals surface area contributed by atoms with Gasteiger partial charge in [0.2, 0.25) is 12.7 Å². The van der Waals surface area contributed by atoms with E-state index in [-0.39, 0.29) is 31.0 Å². The molecule has 0 spiro atoms. The normalized spacial score (nSPS) is 13.1. The van der Waals surface area contributed by atoms with Crippen LogP contribution in [0, 0.1) is 0 Å². The summed E-state index contributed by atoms with van der Waals surface area (Å²) in [5.41, 5.74) is 1.82. The van der Waals surface area contributed by atoms with Crippen molar-refractivity contribution in [1.82, 2.24) is 19.5 Å². The van der Waals surface area contributed by atoms with E-state index in [2.05, 4.69) is 10.4 Å². The molecule has 8 heteroatoms. The molecule has 0 radical (unpaired) electrons. The van der Waals surface area contributed by atoms with Gasteiger partial charge in [-0.3, -0.25) is 4.79 Å². The highest BCUT2D eigenvalue weighted by Gasteiger charge is 2.20. The second kappa shape index (κ2) is 6.05. The van der Waals surface area contributed by atoms with E-state index in [1.54, 1.807) is 10.5 Å². The van der Waals surface area contributed by atoms with Gasteiger partial charge in [-0.25, -0.2) is 13.9 Å². The van der Waals surface area contributed by atoms with Crippen LogP contribution in [0.1, 0.15) is 26.3 Å². The molecule has 8 nitrogen and oxygen atoms in total. The van der Waals surface area contributed by atoms with Gasteiger partial charge >= 0.3 is 5.69 Å². The predicted octanol–water partition coefficient (Wildman–Crippen LogP) is 1.46. The number of nitrogens with one attached hydrogen (secondary N) is 1. The summed E-state index contributed by atoms with van der Waals surface area (Å²) in [6, 6.07) is 5.65. The average molecular weight is 356 g/mol. The molecular formula is C18H20N4O4. The van der Waals surface area contributed by atoms with E-state index >= 15 is 0 Å². The molecular weight excluding hydrogens is 336 g/mol. The summed E-state index contributed by atoms with van der Waals surface area (Å²) >= 11 is 0. The summed E-state index contributed by atoms with van der Waals surface area (Å²) in [4.78, 5) is 25.0. The highest BCUT2D eigenvalue weighted by Crippen LogP contribution is 2.36. The monoisotopic (exact) mass is 356 g/mol. The second-order valence-electron chi connectivity index (χ2n) is 6.61. The van der Waals surface area contributed by atoms with Crippen LogP contribution in [0.5, 0.6) is 11.5 Å². The summed E-state index contributed by atoms with van der Waals surface area (Å²) in [6.07, 6.45) is 0.711. The molecule has 4 rings (SSSR count). The smallest absolute Gasteiger partial charge is 0.351 e.